The van der Waals surface area contributed by atoms with Gasteiger partial charge < -0.3 is 15.4 Å². The van der Waals surface area contributed by atoms with E-state index in [1.807, 2.05) is 68.4 Å². The van der Waals surface area contributed by atoms with E-state index >= 15 is 0 Å². The van der Waals surface area contributed by atoms with Crippen LogP contribution in [-0.2, 0) is 16.1 Å². The molecule has 0 atom stereocenters. The molecule has 0 heterocycles. The topological polar surface area (TPSA) is 91.2 Å². The Morgan fingerprint density at radius 2 is 1.80 bits per heavy atom. The maximum Gasteiger partial charge on any atom is 0.262 e. The van der Waals surface area contributed by atoms with E-state index in [1.54, 1.807) is 12.1 Å². The van der Waals surface area contributed by atoms with Crippen LogP contribution < -0.4 is 15.4 Å². The van der Waals surface area contributed by atoms with Crippen molar-refractivity contribution in [3.8, 4) is 11.8 Å². The van der Waals surface area contributed by atoms with Crippen LogP contribution in [0, 0.1) is 25.2 Å². The zero-order valence-corrected chi connectivity index (χ0v) is 22.4. The van der Waals surface area contributed by atoms with Gasteiger partial charge in [-0.2, -0.15) is 5.26 Å². The number of benzene rings is 3. The molecule has 0 radical (unpaired) electrons. The minimum atomic E-state index is -0.508. The van der Waals surface area contributed by atoms with E-state index in [-0.39, 0.29) is 18.1 Å². The molecule has 0 fully saturated rings. The number of nitrogens with zero attached hydrogens (tertiary/aromatic N) is 1. The average Bonchev–Trinajstić information content (AvgIpc) is 2.83. The van der Waals surface area contributed by atoms with E-state index in [9.17, 15) is 14.9 Å². The second-order valence-corrected chi connectivity index (χ2v) is 9.57. The van der Waals surface area contributed by atoms with Crippen molar-refractivity contribution < 1.29 is 14.3 Å². The Morgan fingerprint density at radius 3 is 2.51 bits per heavy atom. The first-order valence-electron chi connectivity index (χ1n) is 10.7. The van der Waals surface area contributed by atoms with Gasteiger partial charge in [0.05, 0.1) is 4.47 Å². The number of hydrogen-bond donors (Lipinski definition) is 2. The normalized spacial score (nSPS) is 10.9. The highest BCUT2D eigenvalue weighted by Gasteiger charge is 2.15. The third-order valence-corrected chi connectivity index (χ3v) is 6.06. The first-order valence-corrected chi connectivity index (χ1v) is 12.3. The molecule has 0 aromatic heterocycles. The van der Waals surface area contributed by atoms with Crippen molar-refractivity contribution in [1.82, 2.24) is 5.32 Å². The Hall–Kier alpha value is -3.41. The number of hydrogen-bond acceptors (Lipinski definition) is 4. The summed E-state index contributed by atoms with van der Waals surface area (Å²) >= 11 is 6.87. The van der Waals surface area contributed by atoms with Gasteiger partial charge in [0.2, 0.25) is 0 Å². The first-order chi connectivity index (χ1) is 16.8. The lowest BCUT2D eigenvalue weighted by molar-refractivity contribution is -0.118. The molecule has 0 saturated carbocycles. The van der Waals surface area contributed by atoms with Gasteiger partial charge in [0.15, 0.2) is 6.61 Å². The molecule has 178 valence electrons. The molecule has 3 aromatic carbocycles. The lowest BCUT2D eigenvalue weighted by Crippen LogP contribution is -2.24. The van der Waals surface area contributed by atoms with Gasteiger partial charge in [0.25, 0.3) is 11.8 Å². The minimum Gasteiger partial charge on any atom is -0.482 e. The van der Waals surface area contributed by atoms with E-state index in [2.05, 4.69) is 42.5 Å². The smallest absolute Gasteiger partial charge is 0.262 e. The van der Waals surface area contributed by atoms with Crippen LogP contribution in [0.3, 0.4) is 0 Å². The van der Waals surface area contributed by atoms with Gasteiger partial charge in [-0.15, -0.1) is 0 Å². The van der Waals surface area contributed by atoms with Crippen molar-refractivity contribution in [3.63, 3.8) is 0 Å². The average molecular weight is 597 g/mol. The molecule has 0 unspecified atom stereocenters. The van der Waals surface area contributed by atoms with Crippen molar-refractivity contribution in [2.24, 2.45) is 0 Å². The Morgan fingerprint density at radius 1 is 1.06 bits per heavy atom. The Kier molecular flexibility index (Phi) is 9.24. The molecule has 3 aromatic rings. The molecule has 8 heteroatoms. The van der Waals surface area contributed by atoms with Crippen LogP contribution in [0.2, 0.25) is 0 Å². The van der Waals surface area contributed by atoms with Gasteiger partial charge in [0, 0.05) is 22.3 Å². The Labute approximate surface area is 221 Å². The molecule has 6 nitrogen and oxygen atoms in total. The first kappa shape index (κ1) is 26.2. The summed E-state index contributed by atoms with van der Waals surface area (Å²) < 4.78 is 7.10. The van der Waals surface area contributed by atoms with Gasteiger partial charge >= 0.3 is 0 Å². The SMILES string of the molecule is Cc1ccc(C)c(NC(=O)COc2c(Br)cc(Br)cc2/C=C(\C#N)C(=O)NCc2ccccc2)c1. The molecule has 0 saturated heterocycles. The molecule has 3 rings (SSSR count). The minimum absolute atomic E-state index is 0.0874. The summed E-state index contributed by atoms with van der Waals surface area (Å²) in [6, 6.07) is 20.6. The molecule has 2 N–H and O–H groups in total. The zero-order chi connectivity index (χ0) is 25.4. The molecule has 0 spiro atoms. The molecule has 35 heavy (non-hydrogen) atoms. The number of anilines is 1. The van der Waals surface area contributed by atoms with Gasteiger partial charge in [-0.25, -0.2) is 0 Å². The van der Waals surface area contributed by atoms with E-state index < -0.39 is 5.91 Å². The monoisotopic (exact) mass is 595 g/mol. The van der Waals surface area contributed by atoms with Crippen LogP contribution in [0.15, 0.2) is 75.2 Å². The summed E-state index contributed by atoms with van der Waals surface area (Å²) in [5.74, 6) is -0.497. The molecular formula is C27H23Br2N3O3. The summed E-state index contributed by atoms with van der Waals surface area (Å²) in [4.78, 5) is 25.2. The van der Waals surface area contributed by atoms with Gasteiger partial charge in [-0.05, 0) is 70.7 Å². The standard InChI is InChI=1S/C27H23Br2N3O3/c1-17-8-9-18(2)24(10-17)32-25(33)16-35-26-20(12-22(28)13-23(26)29)11-21(14-30)27(34)31-15-19-6-4-3-5-7-19/h3-13H,15-16H2,1-2H3,(H,31,34)(H,32,33)/b21-11+. The van der Waals surface area contributed by atoms with E-state index in [0.29, 0.717) is 26.8 Å². The van der Waals surface area contributed by atoms with E-state index in [4.69, 9.17) is 4.74 Å². The summed E-state index contributed by atoms with van der Waals surface area (Å²) in [5.41, 5.74) is 3.99. The summed E-state index contributed by atoms with van der Waals surface area (Å²) in [7, 11) is 0. The quantitative estimate of drug-likeness (QED) is 0.244. The van der Waals surface area contributed by atoms with Crippen LogP contribution in [0.4, 0.5) is 5.69 Å². The fourth-order valence-electron chi connectivity index (χ4n) is 3.21. The lowest BCUT2D eigenvalue weighted by atomic mass is 10.1. The third-order valence-electron chi connectivity index (χ3n) is 5.01. The van der Waals surface area contributed by atoms with Gasteiger partial charge in [-0.1, -0.05) is 58.4 Å². The molecule has 0 aliphatic heterocycles. The van der Waals surface area contributed by atoms with Crippen LogP contribution in [0.1, 0.15) is 22.3 Å². The number of carbonyl (C=O) groups excluding carboxylic acids is 2. The third kappa shape index (κ3) is 7.54. The maximum absolute atomic E-state index is 12.6. The van der Waals surface area contributed by atoms with Crippen molar-refractivity contribution in [1.29, 1.82) is 5.26 Å². The van der Waals surface area contributed by atoms with Gasteiger partial charge in [-0.3, -0.25) is 9.59 Å². The van der Waals surface area contributed by atoms with E-state index in [1.165, 1.54) is 6.08 Å². The number of nitrogens with one attached hydrogen (secondary N) is 2. The summed E-state index contributed by atoms with van der Waals surface area (Å²) in [6.07, 6.45) is 1.44. The lowest BCUT2D eigenvalue weighted by Gasteiger charge is -2.14. The van der Waals surface area contributed by atoms with Crippen LogP contribution >= 0.6 is 31.9 Å². The molecular weight excluding hydrogens is 574 g/mol. The number of amides is 2. The second-order valence-electron chi connectivity index (χ2n) is 7.80. The molecule has 0 aliphatic rings. The number of rotatable bonds is 8. The fourth-order valence-corrected chi connectivity index (χ4v) is 4.58. The number of aryl methyl sites for hydroxylation is 2. The number of nitriles is 1. The summed E-state index contributed by atoms with van der Waals surface area (Å²) in [5, 5.41) is 15.2. The Balaban J connectivity index is 1.76. The predicted molar refractivity (Wildman–Crippen MR) is 144 cm³/mol. The zero-order valence-electron chi connectivity index (χ0n) is 19.2. The van der Waals surface area contributed by atoms with Crippen molar-refractivity contribution in [2.75, 3.05) is 11.9 Å². The number of halogens is 2. The van der Waals surface area contributed by atoms with Crippen molar-refractivity contribution in [2.45, 2.75) is 20.4 Å². The molecule has 2 amide bonds. The molecule has 0 bridgehead atoms. The largest absolute Gasteiger partial charge is 0.482 e. The highest BCUT2D eigenvalue weighted by Crippen LogP contribution is 2.34. The molecule has 0 aliphatic carbocycles. The summed E-state index contributed by atoms with van der Waals surface area (Å²) in [6.45, 7) is 3.90. The Bertz CT molecular complexity index is 1320. The second kappa shape index (κ2) is 12.3. The predicted octanol–water partition coefficient (Wildman–Crippen LogP) is 6.07. The van der Waals surface area contributed by atoms with Crippen LogP contribution in [0.25, 0.3) is 6.08 Å². The fraction of sp³-hybridized carbons (Fsp3) is 0.148. The highest BCUT2D eigenvalue weighted by molar-refractivity contribution is 9.11. The van der Waals surface area contributed by atoms with Crippen LogP contribution in [0.5, 0.6) is 5.75 Å². The number of ether oxygens (including phenoxy) is 1. The van der Waals surface area contributed by atoms with Gasteiger partial charge in [0.1, 0.15) is 17.4 Å². The van der Waals surface area contributed by atoms with Crippen LogP contribution in [-0.4, -0.2) is 18.4 Å². The maximum atomic E-state index is 12.6. The van der Waals surface area contributed by atoms with Crippen molar-refractivity contribution >= 4 is 55.4 Å². The highest BCUT2D eigenvalue weighted by atomic mass is 79.9. The number of carbonyl (C=O) groups is 2. The van der Waals surface area contributed by atoms with E-state index in [0.717, 1.165) is 22.4 Å². The van der Waals surface area contributed by atoms with Crippen molar-refractivity contribution in [3.05, 3.63) is 97.4 Å².